The minimum absolute atomic E-state index is 0.227. The molecule has 31 heavy (non-hydrogen) atoms. The van der Waals surface area contributed by atoms with E-state index in [9.17, 15) is 4.79 Å². The van der Waals surface area contributed by atoms with E-state index in [1.165, 1.54) is 11.1 Å². The summed E-state index contributed by atoms with van der Waals surface area (Å²) in [5.41, 5.74) is 5.22. The van der Waals surface area contributed by atoms with E-state index >= 15 is 0 Å². The molecule has 2 saturated heterocycles. The Kier molecular flexibility index (Phi) is 6.21. The van der Waals surface area contributed by atoms with E-state index in [1.54, 1.807) is 0 Å². The number of carbonyl (C=O) groups excluding carboxylic acids is 1. The molecule has 1 aromatic heterocycles. The third-order valence-electron chi connectivity index (χ3n) is 6.78. The second kappa shape index (κ2) is 8.61. The molecule has 4 rings (SSSR count). The van der Waals surface area contributed by atoms with Crippen LogP contribution in [0, 0.1) is 19.3 Å². The van der Waals surface area contributed by atoms with Gasteiger partial charge in [0.15, 0.2) is 0 Å². The number of hydrogen-bond acceptors (Lipinski definition) is 3. The highest BCUT2D eigenvalue weighted by molar-refractivity contribution is 9.09. The molecule has 0 N–H and O–H groups in total. The van der Waals surface area contributed by atoms with Crippen molar-refractivity contribution in [2.24, 2.45) is 12.5 Å². The molecule has 5 nitrogen and oxygen atoms in total. The van der Waals surface area contributed by atoms with Gasteiger partial charge in [-0.15, -0.1) is 5.10 Å². The van der Waals surface area contributed by atoms with Crippen molar-refractivity contribution in [3.8, 4) is 17.1 Å². The van der Waals surface area contributed by atoms with Crippen molar-refractivity contribution in [3.05, 3.63) is 34.9 Å². The van der Waals surface area contributed by atoms with E-state index < -0.39 is 5.41 Å². The van der Waals surface area contributed by atoms with Gasteiger partial charge in [0.05, 0.1) is 11.1 Å². The van der Waals surface area contributed by atoms with Gasteiger partial charge in [0.2, 0.25) is 11.8 Å². The van der Waals surface area contributed by atoms with Gasteiger partial charge < -0.3 is 9.64 Å². The lowest BCUT2D eigenvalue weighted by atomic mass is 9.92. The highest BCUT2D eigenvalue weighted by Crippen LogP contribution is 2.40. The van der Waals surface area contributed by atoms with Crippen LogP contribution in [0.25, 0.3) is 11.3 Å². The van der Waals surface area contributed by atoms with Gasteiger partial charge in [-0.2, -0.15) is 0 Å². The second-order valence-corrected chi connectivity index (χ2v) is 10.7. The van der Waals surface area contributed by atoms with Crippen molar-refractivity contribution in [2.75, 3.05) is 11.9 Å². The number of halogens is 1. The van der Waals surface area contributed by atoms with Crippen molar-refractivity contribution < 1.29 is 9.53 Å². The Labute approximate surface area is 194 Å². The number of amides is 1. The average molecular weight is 488 g/mol. The Hall–Kier alpha value is -1.82. The van der Waals surface area contributed by atoms with Gasteiger partial charge >= 0.3 is 0 Å². The molecule has 2 bridgehead atoms. The van der Waals surface area contributed by atoms with Gasteiger partial charge in [0.1, 0.15) is 6.61 Å². The average Bonchev–Trinajstić information content (AvgIpc) is 3.38. The van der Waals surface area contributed by atoms with Crippen molar-refractivity contribution in [1.29, 1.82) is 0 Å². The normalized spacial score (nSPS) is 20.5. The van der Waals surface area contributed by atoms with Crippen LogP contribution in [-0.4, -0.2) is 44.6 Å². The van der Waals surface area contributed by atoms with E-state index in [0.717, 1.165) is 54.3 Å². The van der Waals surface area contributed by atoms with E-state index in [0.29, 0.717) is 24.6 Å². The number of ether oxygens (including phenoxy) is 1. The van der Waals surface area contributed by atoms with Gasteiger partial charge in [0, 0.05) is 35.6 Å². The predicted octanol–water partition coefficient (Wildman–Crippen LogP) is 5.20. The van der Waals surface area contributed by atoms with Gasteiger partial charge in [-0.1, -0.05) is 33.1 Å². The zero-order chi connectivity index (χ0) is 22.3. The van der Waals surface area contributed by atoms with Crippen LogP contribution in [-0.2, 0) is 18.3 Å². The zero-order valence-corrected chi connectivity index (χ0v) is 21.0. The minimum atomic E-state index is -0.575. The van der Waals surface area contributed by atoms with E-state index in [1.807, 2.05) is 25.6 Å². The topological polar surface area (TPSA) is 47.4 Å². The van der Waals surface area contributed by atoms with E-state index in [4.69, 9.17) is 9.84 Å². The first kappa shape index (κ1) is 22.4. The fraction of sp³-hybridized carbons (Fsp3) is 0.600. The van der Waals surface area contributed by atoms with Crippen molar-refractivity contribution in [3.63, 3.8) is 0 Å². The van der Waals surface area contributed by atoms with E-state index in [2.05, 4.69) is 52.9 Å². The number of aromatic nitrogens is 2. The number of carbonyl (C=O) groups is 1. The van der Waals surface area contributed by atoms with Crippen LogP contribution in [0.5, 0.6) is 5.88 Å². The molecule has 6 heteroatoms. The van der Waals surface area contributed by atoms with Gasteiger partial charge in [-0.3, -0.25) is 9.48 Å². The molecule has 0 spiro atoms. The molecule has 2 fully saturated rings. The zero-order valence-electron chi connectivity index (χ0n) is 19.4. The molecule has 0 atom stereocenters. The van der Waals surface area contributed by atoms with E-state index in [-0.39, 0.29) is 5.91 Å². The highest BCUT2D eigenvalue weighted by Gasteiger charge is 2.46. The third-order valence-corrected chi connectivity index (χ3v) is 7.18. The Bertz CT molecular complexity index is 941. The molecule has 0 aliphatic carbocycles. The number of alkyl halides is 1. The molecule has 168 valence electrons. The Morgan fingerprint density at radius 1 is 1.13 bits per heavy atom. The van der Waals surface area contributed by atoms with Crippen molar-refractivity contribution >= 4 is 21.8 Å². The summed E-state index contributed by atoms with van der Waals surface area (Å²) in [6.45, 7) is 8.58. The fourth-order valence-corrected chi connectivity index (χ4v) is 5.75. The Balaban J connectivity index is 1.57. The Morgan fingerprint density at radius 2 is 1.71 bits per heavy atom. The summed E-state index contributed by atoms with van der Waals surface area (Å²) < 4.78 is 8.18. The van der Waals surface area contributed by atoms with Gasteiger partial charge in [-0.05, 0) is 71.9 Å². The van der Waals surface area contributed by atoms with Crippen molar-refractivity contribution in [2.45, 2.75) is 71.9 Å². The third kappa shape index (κ3) is 4.28. The number of fused-ring (bicyclic) bond motifs is 2. The lowest BCUT2D eigenvalue weighted by Gasteiger charge is -2.32. The maximum absolute atomic E-state index is 13.3. The van der Waals surface area contributed by atoms with Crippen LogP contribution >= 0.6 is 15.9 Å². The Morgan fingerprint density at radius 3 is 2.26 bits per heavy atom. The summed E-state index contributed by atoms with van der Waals surface area (Å²) in [7, 11) is 1.97. The maximum atomic E-state index is 13.3. The van der Waals surface area contributed by atoms with Crippen LogP contribution in [0.15, 0.2) is 18.2 Å². The number of nitrogens with zero attached hydrogens (tertiary/aromatic N) is 3. The first-order chi connectivity index (χ1) is 14.7. The molecule has 0 radical (unpaired) electrons. The SMILES string of the molecule is Cc1cc(C)cc(-c2c(CCBr)c(OCC(C)(C)C(=O)N3C4CCC3CC4)nn2C)c1. The molecular weight excluding hydrogens is 454 g/mol. The molecule has 2 aromatic rings. The largest absolute Gasteiger partial charge is 0.475 e. The summed E-state index contributed by atoms with van der Waals surface area (Å²) in [6.07, 6.45) is 5.44. The molecule has 3 heterocycles. The van der Waals surface area contributed by atoms with Crippen molar-refractivity contribution in [1.82, 2.24) is 14.7 Å². The molecule has 2 aliphatic heterocycles. The monoisotopic (exact) mass is 487 g/mol. The highest BCUT2D eigenvalue weighted by atomic mass is 79.9. The number of hydrogen-bond donors (Lipinski definition) is 0. The number of rotatable bonds is 7. The van der Waals surface area contributed by atoms with Crippen LogP contribution in [0.2, 0.25) is 0 Å². The number of aryl methyl sites for hydroxylation is 3. The molecule has 2 aliphatic rings. The van der Waals surface area contributed by atoms with Crippen LogP contribution < -0.4 is 4.74 Å². The molecule has 1 aromatic carbocycles. The second-order valence-electron chi connectivity index (χ2n) is 9.92. The molecular formula is C25H34BrN3O2. The van der Waals surface area contributed by atoms with Gasteiger partial charge in [0.25, 0.3) is 0 Å². The summed E-state index contributed by atoms with van der Waals surface area (Å²) in [5.74, 6) is 0.867. The van der Waals surface area contributed by atoms with Crippen LogP contribution in [0.4, 0.5) is 0 Å². The lowest BCUT2D eigenvalue weighted by Crippen LogP contribution is -2.46. The van der Waals surface area contributed by atoms with Gasteiger partial charge in [-0.25, -0.2) is 0 Å². The first-order valence-corrected chi connectivity index (χ1v) is 12.5. The summed E-state index contributed by atoms with van der Waals surface area (Å²) >= 11 is 3.59. The fourth-order valence-electron chi connectivity index (χ4n) is 5.36. The standard InChI is InChI=1S/C25H34BrN3O2/c1-16-12-17(2)14-18(13-16)22-21(10-11-26)23(27-28(22)5)31-15-25(3,4)24(30)29-19-6-7-20(29)9-8-19/h12-14,19-20H,6-11,15H2,1-5H3. The molecule has 0 unspecified atom stereocenters. The predicted molar refractivity (Wildman–Crippen MR) is 128 cm³/mol. The van der Waals surface area contributed by atoms with Crippen LogP contribution in [0.1, 0.15) is 56.2 Å². The summed E-state index contributed by atoms with van der Waals surface area (Å²) in [5, 5.41) is 5.54. The number of benzene rings is 1. The van der Waals surface area contributed by atoms with Crippen LogP contribution in [0.3, 0.4) is 0 Å². The quantitative estimate of drug-likeness (QED) is 0.504. The minimum Gasteiger partial charge on any atom is -0.475 e. The molecule has 1 amide bonds. The summed E-state index contributed by atoms with van der Waals surface area (Å²) in [6, 6.07) is 7.45. The lowest BCUT2D eigenvalue weighted by molar-refractivity contribution is -0.143. The maximum Gasteiger partial charge on any atom is 0.236 e. The first-order valence-electron chi connectivity index (χ1n) is 11.4. The molecule has 0 saturated carbocycles. The summed E-state index contributed by atoms with van der Waals surface area (Å²) in [4.78, 5) is 15.5. The smallest absolute Gasteiger partial charge is 0.236 e.